The number of para-hydroxylation sites is 2. The highest BCUT2D eigenvalue weighted by atomic mass is 14.8. The summed E-state index contributed by atoms with van der Waals surface area (Å²) in [4.78, 5) is 10.0. The van der Waals surface area contributed by atoms with Gasteiger partial charge in [-0.3, -0.25) is 0 Å². The average Bonchev–Trinajstić information content (AvgIpc) is 3.50. The maximum absolute atomic E-state index is 9.99. The van der Waals surface area contributed by atoms with Gasteiger partial charge in [-0.25, -0.2) is 9.97 Å². The van der Waals surface area contributed by atoms with Crippen molar-refractivity contribution in [3.63, 3.8) is 0 Å². The molecule has 0 bridgehead atoms. The lowest BCUT2D eigenvalue weighted by molar-refractivity contribution is 0.768. The van der Waals surface area contributed by atoms with E-state index in [1.165, 1.54) is 22.3 Å². The third-order valence-electron chi connectivity index (χ3n) is 10.6. The maximum Gasteiger partial charge on any atom is 0.0991 e. The zero-order valence-electron chi connectivity index (χ0n) is 27.6. The van der Waals surface area contributed by atoms with Gasteiger partial charge in [0.1, 0.15) is 0 Å². The summed E-state index contributed by atoms with van der Waals surface area (Å²) in [5.74, 6) is 0. The summed E-state index contributed by atoms with van der Waals surface area (Å²) in [5.41, 5.74) is 15.3. The lowest BCUT2D eigenvalue weighted by atomic mass is 9.67. The molecule has 0 N–H and O–H groups in total. The molecule has 0 spiro atoms. The van der Waals surface area contributed by atoms with Gasteiger partial charge in [0.05, 0.1) is 39.1 Å². The van der Waals surface area contributed by atoms with Gasteiger partial charge in [-0.1, -0.05) is 140 Å². The normalized spacial score (nSPS) is 12.8. The van der Waals surface area contributed by atoms with E-state index >= 15 is 0 Å². The van der Waals surface area contributed by atoms with Gasteiger partial charge < -0.3 is 0 Å². The summed E-state index contributed by atoms with van der Waals surface area (Å²) in [6, 6.07) is 64.5. The highest BCUT2D eigenvalue weighted by Crippen LogP contribution is 2.57. The topological polar surface area (TPSA) is 49.6 Å². The standard InChI is InChI=1S/C48H29N3/c49-30-31-19-25-38-39-26-24-34(28-43(39)48(42(38)27-31,35-11-3-1-4-12-35)36-13-5-2-6-14-36)32-20-22-33(23-21-32)41-29-46-47(40-16-8-7-15-37(40)41)51-45-18-10-9-17-44(45)50-46/h1-29H. The molecule has 0 aliphatic heterocycles. The Morgan fingerprint density at radius 3 is 1.65 bits per heavy atom. The van der Waals surface area contributed by atoms with E-state index in [2.05, 4.69) is 152 Å². The van der Waals surface area contributed by atoms with E-state index in [1.54, 1.807) is 0 Å². The minimum atomic E-state index is -0.578. The summed E-state index contributed by atoms with van der Waals surface area (Å²) < 4.78 is 0. The highest BCUT2D eigenvalue weighted by Gasteiger charge is 2.46. The number of hydrogen-bond donors (Lipinski definition) is 0. The first-order chi connectivity index (χ1) is 25.2. The Hall–Kier alpha value is -6.89. The average molecular weight is 648 g/mol. The van der Waals surface area contributed by atoms with Crippen LogP contribution in [0.1, 0.15) is 27.8 Å². The highest BCUT2D eigenvalue weighted by molar-refractivity contribution is 6.12. The molecule has 0 atom stereocenters. The van der Waals surface area contributed by atoms with Crippen molar-refractivity contribution in [2.75, 3.05) is 0 Å². The van der Waals surface area contributed by atoms with Gasteiger partial charge in [-0.2, -0.15) is 5.26 Å². The molecule has 0 saturated heterocycles. The fourth-order valence-electron chi connectivity index (χ4n) is 8.27. The van der Waals surface area contributed by atoms with Crippen molar-refractivity contribution in [1.82, 2.24) is 9.97 Å². The largest absolute Gasteiger partial charge is 0.244 e. The van der Waals surface area contributed by atoms with E-state index in [0.717, 1.165) is 66.2 Å². The molecule has 10 rings (SSSR count). The molecule has 1 heterocycles. The van der Waals surface area contributed by atoms with Gasteiger partial charge in [-0.05, 0) is 97.4 Å². The molecular weight excluding hydrogens is 619 g/mol. The minimum absolute atomic E-state index is 0.578. The van der Waals surface area contributed by atoms with Crippen LogP contribution in [-0.2, 0) is 5.41 Å². The molecule has 9 aromatic rings. The van der Waals surface area contributed by atoms with Crippen molar-refractivity contribution < 1.29 is 0 Å². The second-order valence-electron chi connectivity index (χ2n) is 13.2. The van der Waals surface area contributed by atoms with E-state index in [-0.39, 0.29) is 0 Å². The summed E-state index contributed by atoms with van der Waals surface area (Å²) in [6.45, 7) is 0. The Morgan fingerprint density at radius 1 is 0.412 bits per heavy atom. The molecule has 0 amide bonds. The minimum Gasteiger partial charge on any atom is -0.244 e. The molecule has 1 aromatic heterocycles. The Kier molecular flexibility index (Phi) is 6.46. The van der Waals surface area contributed by atoms with Crippen LogP contribution in [0, 0.1) is 11.3 Å². The predicted molar refractivity (Wildman–Crippen MR) is 207 cm³/mol. The van der Waals surface area contributed by atoms with Gasteiger partial charge in [0, 0.05) is 5.39 Å². The van der Waals surface area contributed by atoms with Crippen molar-refractivity contribution in [2.24, 2.45) is 0 Å². The number of nitriles is 1. The van der Waals surface area contributed by atoms with E-state index < -0.39 is 5.41 Å². The SMILES string of the molecule is N#Cc1ccc2c(c1)C(c1ccccc1)(c1ccccc1)c1cc(-c3ccc(-c4cc5nc6ccccc6nc5c5ccccc45)cc3)ccc1-2. The van der Waals surface area contributed by atoms with Gasteiger partial charge in [-0.15, -0.1) is 0 Å². The van der Waals surface area contributed by atoms with Crippen molar-refractivity contribution in [1.29, 1.82) is 5.26 Å². The molecule has 0 unspecified atom stereocenters. The molecule has 3 nitrogen and oxygen atoms in total. The summed E-state index contributed by atoms with van der Waals surface area (Å²) in [5, 5.41) is 12.2. The van der Waals surface area contributed by atoms with Crippen molar-refractivity contribution in [3.05, 3.63) is 204 Å². The van der Waals surface area contributed by atoms with Gasteiger partial charge in [0.15, 0.2) is 0 Å². The molecule has 3 heteroatoms. The third-order valence-corrected chi connectivity index (χ3v) is 10.6. The number of benzene rings is 8. The zero-order valence-corrected chi connectivity index (χ0v) is 27.6. The molecule has 0 radical (unpaired) electrons. The fraction of sp³-hybridized carbons (Fsp3) is 0.0208. The van der Waals surface area contributed by atoms with Crippen LogP contribution in [-0.4, -0.2) is 9.97 Å². The number of hydrogen-bond acceptors (Lipinski definition) is 3. The van der Waals surface area contributed by atoms with Crippen LogP contribution in [0.4, 0.5) is 0 Å². The van der Waals surface area contributed by atoms with Crippen LogP contribution >= 0.6 is 0 Å². The first-order valence-corrected chi connectivity index (χ1v) is 17.2. The number of nitrogens with zero attached hydrogens (tertiary/aromatic N) is 3. The Morgan fingerprint density at radius 2 is 0.961 bits per heavy atom. The van der Waals surface area contributed by atoms with Crippen molar-refractivity contribution in [2.45, 2.75) is 5.41 Å². The van der Waals surface area contributed by atoms with E-state index in [4.69, 9.17) is 9.97 Å². The summed E-state index contributed by atoms with van der Waals surface area (Å²) in [7, 11) is 0. The predicted octanol–water partition coefficient (Wildman–Crippen LogP) is 11.5. The lowest BCUT2D eigenvalue weighted by Crippen LogP contribution is -2.28. The molecule has 51 heavy (non-hydrogen) atoms. The smallest absolute Gasteiger partial charge is 0.0991 e. The van der Waals surface area contributed by atoms with Crippen LogP contribution in [0.15, 0.2) is 176 Å². The van der Waals surface area contributed by atoms with Crippen molar-refractivity contribution >= 4 is 32.8 Å². The van der Waals surface area contributed by atoms with Gasteiger partial charge in [0.25, 0.3) is 0 Å². The van der Waals surface area contributed by atoms with E-state index in [0.29, 0.717) is 5.56 Å². The molecule has 0 saturated carbocycles. The Bertz CT molecular complexity index is 2810. The van der Waals surface area contributed by atoms with Gasteiger partial charge in [0.2, 0.25) is 0 Å². The fourth-order valence-corrected chi connectivity index (χ4v) is 8.27. The number of fused-ring (bicyclic) bond motifs is 7. The summed E-state index contributed by atoms with van der Waals surface area (Å²) in [6.07, 6.45) is 0. The quantitative estimate of drug-likeness (QED) is 0.141. The second-order valence-corrected chi connectivity index (χ2v) is 13.2. The first-order valence-electron chi connectivity index (χ1n) is 17.2. The molecule has 1 aliphatic carbocycles. The van der Waals surface area contributed by atoms with Crippen LogP contribution in [0.2, 0.25) is 0 Å². The lowest BCUT2D eigenvalue weighted by Gasteiger charge is -2.34. The zero-order chi connectivity index (χ0) is 33.9. The molecule has 8 aromatic carbocycles. The van der Waals surface area contributed by atoms with E-state index in [9.17, 15) is 5.26 Å². The summed E-state index contributed by atoms with van der Waals surface area (Å²) >= 11 is 0. The van der Waals surface area contributed by atoms with Gasteiger partial charge >= 0.3 is 0 Å². The van der Waals surface area contributed by atoms with E-state index in [1.807, 2.05) is 30.3 Å². The van der Waals surface area contributed by atoms with Crippen molar-refractivity contribution in [3.8, 4) is 39.4 Å². The van der Waals surface area contributed by atoms with Crippen LogP contribution < -0.4 is 0 Å². The molecular formula is C48H29N3. The molecule has 0 fully saturated rings. The first kappa shape index (κ1) is 29.1. The molecule has 236 valence electrons. The number of rotatable bonds is 4. The Balaban J connectivity index is 1.14. The maximum atomic E-state index is 9.99. The third kappa shape index (κ3) is 4.37. The van der Waals surface area contributed by atoms with Crippen LogP contribution in [0.3, 0.4) is 0 Å². The number of aromatic nitrogens is 2. The second kappa shape index (κ2) is 11.3. The molecule has 1 aliphatic rings. The van der Waals surface area contributed by atoms with Crippen LogP contribution in [0.5, 0.6) is 0 Å². The van der Waals surface area contributed by atoms with Crippen LogP contribution in [0.25, 0.3) is 66.2 Å². The Labute approximate surface area is 295 Å². The monoisotopic (exact) mass is 647 g/mol.